The number of hydrogen-bond acceptors (Lipinski definition) is 4. The molecule has 0 aliphatic carbocycles. The number of pyridine rings is 1. The third-order valence-electron chi connectivity index (χ3n) is 4.80. The molecule has 142 valence electrons. The van der Waals surface area contributed by atoms with Crippen molar-refractivity contribution in [3.05, 3.63) is 90.6 Å². The molecular formula is C22H17FN6. The average Bonchev–Trinajstić information content (AvgIpc) is 3.34. The molecule has 0 bridgehead atoms. The zero-order chi connectivity index (χ0) is 19.8. The van der Waals surface area contributed by atoms with Gasteiger partial charge in [0.1, 0.15) is 5.82 Å². The fourth-order valence-corrected chi connectivity index (χ4v) is 3.40. The second-order valence-corrected chi connectivity index (χ2v) is 6.77. The summed E-state index contributed by atoms with van der Waals surface area (Å²) in [6.07, 6.45) is 5.27. The lowest BCUT2D eigenvalue weighted by Gasteiger charge is -2.08. The molecule has 0 unspecified atom stereocenters. The molecule has 0 radical (unpaired) electrons. The summed E-state index contributed by atoms with van der Waals surface area (Å²) in [6, 6.07) is 18.9. The molecule has 2 N–H and O–H groups in total. The number of aromatic nitrogens is 5. The molecule has 2 aromatic carbocycles. The summed E-state index contributed by atoms with van der Waals surface area (Å²) < 4.78 is 18.8. The molecule has 5 aromatic rings. The highest BCUT2D eigenvalue weighted by atomic mass is 19.1. The molecular weight excluding hydrogens is 367 g/mol. The van der Waals surface area contributed by atoms with Crippen LogP contribution in [0.25, 0.3) is 27.9 Å². The molecule has 0 spiro atoms. The quantitative estimate of drug-likeness (QED) is 0.508. The van der Waals surface area contributed by atoms with Gasteiger partial charge in [0.05, 0.1) is 12.7 Å². The van der Waals surface area contributed by atoms with Crippen molar-refractivity contribution < 1.29 is 4.39 Å². The van der Waals surface area contributed by atoms with Crippen LogP contribution in [0.4, 0.5) is 10.3 Å². The summed E-state index contributed by atoms with van der Waals surface area (Å²) in [5.74, 6) is -0.120. The van der Waals surface area contributed by atoms with Gasteiger partial charge < -0.3 is 5.73 Å². The lowest BCUT2D eigenvalue weighted by Crippen LogP contribution is -1.99. The van der Waals surface area contributed by atoms with Gasteiger partial charge in [0, 0.05) is 29.1 Å². The first-order valence-electron chi connectivity index (χ1n) is 9.15. The average molecular weight is 384 g/mol. The first-order valence-corrected chi connectivity index (χ1v) is 9.15. The highest BCUT2D eigenvalue weighted by Gasteiger charge is 2.14. The Kier molecular flexibility index (Phi) is 4.05. The Morgan fingerprint density at radius 3 is 2.55 bits per heavy atom. The standard InChI is InChI=1S/C22H17FN6/c23-21-18(16-9-10-29-20(11-16)26-22(24)27-29)7-4-8-19(21)17-12-25-28(14-17)13-15-5-2-1-3-6-15/h1-12,14H,13H2,(H2,24,27). The number of nitrogen functional groups attached to an aromatic ring is 1. The van der Waals surface area contributed by atoms with Crippen LogP contribution in [-0.2, 0) is 6.54 Å². The van der Waals surface area contributed by atoms with Crippen LogP contribution in [0.3, 0.4) is 0 Å². The van der Waals surface area contributed by atoms with Gasteiger partial charge in [-0.1, -0.05) is 48.5 Å². The van der Waals surface area contributed by atoms with Crippen molar-refractivity contribution in [2.24, 2.45) is 0 Å². The number of benzene rings is 2. The van der Waals surface area contributed by atoms with E-state index >= 15 is 4.39 Å². The fourth-order valence-electron chi connectivity index (χ4n) is 3.40. The van der Waals surface area contributed by atoms with Gasteiger partial charge in [-0.15, -0.1) is 5.10 Å². The minimum absolute atomic E-state index is 0.183. The molecule has 3 heterocycles. The Bertz CT molecular complexity index is 1310. The highest BCUT2D eigenvalue weighted by Crippen LogP contribution is 2.31. The molecule has 0 saturated carbocycles. The number of fused-ring (bicyclic) bond motifs is 1. The Balaban J connectivity index is 1.50. The van der Waals surface area contributed by atoms with Gasteiger partial charge in [0.2, 0.25) is 5.95 Å². The van der Waals surface area contributed by atoms with Crippen LogP contribution in [0.15, 0.2) is 79.3 Å². The second-order valence-electron chi connectivity index (χ2n) is 6.77. The van der Waals surface area contributed by atoms with Gasteiger partial charge >= 0.3 is 0 Å². The molecule has 5 rings (SSSR count). The summed E-state index contributed by atoms with van der Waals surface area (Å²) in [5.41, 5.74) is 9.78. The van der Waals surface area contributed by atoms with E-state index in [1.807, 2.05) is 47.3 Å². The van der Waals surface area contributed by atoms with E-state index in [1.54, 1.807) is 41.2 Å². The van der Waals surface area contributed by atoms with Crippen molar-refractivity contribution in [2.45, 2.75) is 6.54 Å². The molecule has 6 nitrogen and oxygen atoms in total. The van der Waals surface area contributed by atoms with Crippen molar-refractivity contribution in [3.8, 4) is 22.3 Å². The van der Waals surface area contributed by atoms with Crippen molar-refractivity contribution >= 4 is 11.6 Å². The van der Waals surface area contributed by atoms with Crippen LogP contribution in [0.2, 0.25) is 0 Å². The highest BCUT2D eigenvalue weighted by molar-refractivity contribution is 5.75. The smallest absolute Gasteiger partial charge is 0.240 e. The number of anilines is 1. The fraction of sp³-hybridized carbons (Fsp3) is 0.0455. The van der Waals surface area contributed by atoms with E-state index in [2.05, 4.69) is 15.2 Å². The van der Waals surface area contributed by atoms with Crippen LogP contribution in [-0.4, -0.2) is 24.4 Å². The van der Waals surface area contributed by atoms with E-state index < -0.39 is 0 Å². The van der Waals surface area contributed by atoms with E-state index in [0.717, 1.165) is 11.1 Å². The zero-order valence-corrected chi connectivity index (χ0v) is 15.4. The summed E-state index contributed by atoms with van der Waals surface area (Å²) in [5, 5.41) is 8.44. The Hall–Kier alpha value is -4.00. The minimum atomic E-state index is -0.302. The van der Waals surface area contributed by atoms with Crippen molar-refractivity contribution in [2.75, 3.05) is 5.73 Å². The molecule has 0 atom stereocenters. The zero-order valence-electron chi connectivity index (χ0n) is 15.4. The first kappa shape index (κ1) is 17.1. The van der Waals surface area contributed by atoms with Gasteiger partial charge in [0.25, 0.3) is 0 Å². The lowest BCUT2D eigenvalue weighted by atomic mass is 10.0. The van der Waals surface area contributed by atoms with Crippen LogP contribution in [0.5, 0.6) is 0 Å². The maximum atomic E-state index is 15.4. The number of nitrogens with zero attached hydrogens (tertiary/aromatic N) is 5. The van der Waals surface area contributed by atoms with E-state index in [1.165, 1.54) is 0 Å². The number of hydrogen-bond donors (Lipinski definition) is 1. The molecule has 0 saturated heterocycles. The Morgan fingerprint density at radius 1 is 0.931 bits per heavy atom. The number of nitrogens with two attached hydrogens (primary N) is 1. The van der Waals surface area contributed by atoms with Crippen molar-refractivity contribution in [1.82, 2.24) is 24.4 Å². The first-order chi connectivity index (χ1) is 14.2. The topological polar surface area (TPSA) is 74.0 Å². The summed E-state index contributed by atoms with van der Waals surface area (Å²) in [6.45, 7) is 0.632. The Morgan fingerprint density at radius 2 is 1.72 bits per heavy atom. The maximum Gasteiger partial charge on any atom is 0.240 e. The third kappa shape index (κ3) is 3.23. The molecule has 29 heavy (non-hydrogen) atoms. The van der Waals surface area contributed by atoms with E-state index in [-0.39, 0.29) is 11.8 Å². The van der Waals surface area contributed by atoms with Gasteiger partial charge in [-0.2, -0.15) is 10.1 Å². The molecule has 3 aromatic heterocycles. The van der Waals surface area contributed by atoms with E-state index in [4.69, 9.17) is 5.73 Å². The minimum Gasteiger partial charge on any atom is -0.366 e. The largest absolute Gasteiger partial charge is 0.366 e. The van der Waals surface area contributed by atoms with Gasteiger partial charge in [-0.3, -0.25) is 4.68 Å². The predicted molar refractivity (Wildman–Crippen MR) is 110 cm³/mol. The number of halogens is 1. The van der Waals surface area contributed by atoms with E-state index in [0.29, 0.717) is 28.9 Å². The Labute approximate surface area is 166 Å². The lowest BCUT2D eigenvalue weighted by molar-refractivity contribution is 0.634. The second kappa shape index (κ2) is 6.87. The molecule has 7 heteroatoms. The van der Waals surface area contributed by atoms with Crippen LogP contribution < -0.4 is 5.73 Å². The molecule has 0 aliphatic rings. The van der Waals surface area contributed by atoms with Crippen LogP contribution >= 0.6 is 0 Å². The van der Waals surface area contributed by atoms with Crippen LogP contribution in [0.1, 0.15) is 5.56 Å². The monoisotopic (exact) mass is 384 g/mol. The predicted octanol–water partition coefficient (Wildman–Crippen LogP) is 4.03. The van der Waals surface area contributed by atoms with Gasteiger partial charge in [-0.05, 0) is 23.3 Å². The molecule has 0 fully saturated rings. The van der Waals surface area contributed by atoms with Gasteiger partial charge in [0.15, 0.2) is 5.65 Å². The summed E-state index contributed by atoms with van der Waals surface area (Å²) >= 11 is 0. The van der Waals surface area contributed by atoms with Crippen molar-refractivity contribution in [3.63, 3.8) is 0 Å². The SMILES string of the molecule is Nc1nc2cc(-c3cccc(-c4cnn(Cc5ccccc5)c4)c3F)ccn2n1. The number of rotatable bonds is 4. The third-order valence-corrected chi connectivity index (χ3v) is 4.80. The maximum absolute atomic E-state index is 15.4. The molecule has 0 amide bonds. The van der Waals surface area contributed by atoms with Gasteiger partial charge in [-0.25, -0.2) is 8.91 Å². The molecule has 0 aliphatic heterocycles. The summed E-state index contributed by atoms with van der Waals surface area (Å²) in [7, 11) is 0. The normalized spacial score (nSPS) is 11.2. The van der Waals surface area contributed by atoms with Crippen molar-refractivity contribution in [1.29, 1.82) is 0 Å². The van der Waals surface area contributed by atoms with Crippen LogP contribution in [0, 0.1) is 5.82 Å². The summed E-state index contributed by atoms with van der Waals surface area (Å²) in [4.78, 5) is 4.15. The van der Waals surface area contributed by atoms with E-state index in [9.17, 15) is 0 Å².